The van der Waals surface area contributed by atoms with Crippen molar-refractivity contribution in [1.29, 1.82) is 0 Å². The first-order chi connectivity index (χ1) is 10.5. The predicted octanol–water partition coefficient (Wildman–Crippen LogP) is 1.88. The molecule has 1 rings (SSSR count). The summed E-state index contributed by atoms with van der Waals surface area (Å²) in [6.07, 6.45) is 1.45. The minimum atomic E-state index is -0.151. The fourth-order valence-electron chi connectivity index (χ4n) is 1.94. The van der Waals surface area contributed by atoms with Crippen LogP contribution in [0.25, 0.3) is 0 Å². The van der Waals surface area contributed by atoms with Crippen LogP contribution in [0.3, 0.4) is 0 Å². The van der Waals surface area contributed by atoms with E-state index in [1.165, 1.54) is 6.92 Å². The van der Waals surface area contributed by atoms with Gasteiger partial charge in [-0.05, 0) is 30.5 Å². The van der Waals surface area contributed by atoms with E-state index in [2.05, 4.69) is 5.32 Å². The first kappa shape index (κ1) is 18.5. The fourth-order valence-corrected chi connectivity index (χ4v) is 2.06. The second kappa shape index (κ2) is 10.2. The number of nitrogens with zero attached hydrogens (tertiary/aromatic N) is 1. The highest BCUT2D eigenvalue weighted by atomic mass is 35.5. The molecule has 22 heavy (non-hydrogen) atoms. The van der Waals surface area contributed by atoms with E-state index >= 15 is 0 Å². The number of carbonyl (C=O) groups is 2. The summed E-state index contributed by atoms with van der Waals surface area (Å²) in [5.74, 6) is -0.261. The Bertz CT molecular complexity index is 477. The van der Waals surface area contributed by atoms with E-state index in [-0.39, 0.29) is 18.4 Å². The number of hydrogen-bond donors (Lipinski definition) is 1. The minimum Gasteiger partial charge on any atom is -0.385 e. The molecule has 122 valence electrons. The highest BCUT2D eigenvalue weighted by Gasteiger charge is 2.13. The van der Waals surface area contributed by atoms with Crippen LogP contribution in [-0.2, 0) is 20.7 Å². The second-order valence-corrected chi connectivity index (χ2v) is 5.45. The van der Waals surface area contributed by atoms with Crippen molar-refractivity contribution in [2.45, 2.75) is 19.8 Å². The maximum Gasteiger partial charge on any atom is 0.239 e. The molecule has 0 aliphatic carbocycles. The monoisotopic (exact) mass is 326 g/mol. The molecular formula is C16H23ClN2O3. The summed E-state index contributed by atoms with van der Waals surface area (Å²) >= 11 is 5.84. The molecule has 0 aliphatic heterocycles. The first-order valence-electron chi connectivity index (χ1n) is 7.28. The number of methoxy groups -OCH3 is 1. The maximum atomic E-state index is 11.8. The summed E-state index contributed by atoms with van der Waals surface area (Å²) in [6.45, 7) is 3.21. The van der Waals surface area contributed by atoms with Gasteiger partial charge < -0.3 is 15.0 Å². The van der Waals surface area contributed by atoms with Crippen LogP contribution in [0, 0.1) is 0 Å². The zero-order chi connectivity index (χ0) is 16.4. The van der Waals surface area contributed by atoms with E-state index in [0.29, 0.717) is 31.1 Å². The average molecular weight is 327 g/mol. The number of nitrogens with one attached hydrogen (secondary N) is 1. The molecule has 0 bridgehead atoms. The van der Waals surface area contributed by atoms with Crippen molar-refractivity contribution in [3.05, 3.63) is 34.9 Å². The Morgan fingerprint density at radius 3 is 2.55 bits per heavy atom. The Hall–Kier alpha value is -1.59. The molecule has 0 unspecified atom stereocenters. The number of amides is 2. The van der Waals surface area contributed by atoms with Gasteiger partial charge in [0.05, 0.1) is 6.54 Å². The molecule has 0 spiro atoms. The molecule has 0 aromatic heterocycles. The number of halogens is 1. The molecule has 0 heterocycles. The third kappa shape index (κ3) is 7.43. The summed E-state index contributed by atoms with van der Waals surface area (Å²) in [4.78, 5) is 25.0. The van der Waals surface area contributed by atoms with Gasteiger partial charge in [0.1, 0.15) is 0 Å². The molecular weight excluding hydrogens is 304 g/mol. The Morgan fingerprint density at radius 1 is 1.27 bits per heavy atom. The summed E-state index contributed by atoms with van der Waals surface area (Å²) in [7, 11) is 1.62. The topological polar surface area (TPSA) is 58.6 Å². The number of carbonyl (C=O) groups excluding carboxylic acids is 2. The number of hydrogen-bond acceptors (Lipinski definition) is 3. The average Bonchev–Trinajstić information content (AvgIpc) is 2.49. The Balaban J connectivity index is 2.39. The Labute approximate surface area is 136 Å². The van der Waals surface area contributed by atoms with Gasteiger partial charge in [-0.15, -0.1) is 0 Å². The number of benzene rings is 1. The van der Waals surface area contributed by atoms with Gasteiger partial charge in [-0.2, -0.15) is 0 Å². The highest BCUT2D eigenvalue weighted by Crippen LogP contribution is 2.10. The zero-order valence-corrected chi connectivity index (χ0v) is 13.9. The Morgan fingerprint density at radius 2 is 1.95 bits per heavy atom. The van der Waals surface area contributed by atoms with Crippen molar-refractivity contribution in [2.75, 3.05) is 33.4 Å². The molecule has 1 N–H and O–H groups in total. The summed E-state index contributed by atoms with van der Waals surface area (Å²) in [5, 5.41) is 3.46. The molecule has 0 aliphatic rings. The zero-order valence-electron chi connectivity index (χ0n) is 13.1. The third-order valence-corrected chi connectivity index (χ3v) is 3.46. The molecule has 0 radical (unpaired) electrons. The van der Waals surface area contributed by atoms with Crippen molar-refractivity contribution in [2.24, 2.45) is 0 Å². The lowest BCUT2D eigenvalue weighted by molar-refractivity contribution is -0.134. The lowest BCUT2D eigenvalue weighted by atomic mass is 10.1. The summed E-state index contributed by atoms with van der Waals surface area (Å²) in [6, 6.07) is 7.48. The summed E-state index contributed by atoms with van der Waals surface area (Å²) in [5.41, 5.74) is 1.08. The smallest absolute Gasteiger partial charge is 0.239 e. The van der Waals surface area contributed by atoms with Crippen LogP contribution >= 0.6 is 11.6 Å². The molecule has 0 atom stereocenters. The van der Waals surface area contributed by atoms with Crippen LogP contribution in [0.4, 0.5) is 0 Å². The standard InChI is InChI=1S/C16H23ClN2O3/c1-13(20)19(12-16(21)18-9-3-11-22-2)10-8-14-4-6-15(17)7-5-14/h4-7H,3,8-12H2,1-2H3,(H,18,21). The van der Waals surface area contributed by atoms with Gasteiger partial charge in [0.2, 0.25) is 11.8 Å². The first-order valence-corrected chi connectivity index (χ1v) is 7.66. The van der Waals surface area contributed by atoms with Gasteiger partial charge in [-0.3, -0.25) is 9.59 Å². The minimum absolute atomic E-state index is 0.0793. The van der Waals surface area contributed by atoms with Crippen LogP contribution in [0.15, 0.2) is 24.3 Å². The van der Waals surface area contributed by atoms with E-state index in [1.807, 2.05) is 24.3 Å². The van der Waals surface area contributed by atoms with Crippen LogP contribution < -0.4 is 5.32 Å². The number of ether oxygens (including phenoxy) is 1. The van der Waals surface area contributed by atoms with Gasteiger partial charge in [-0.25, -0.2) is 0 Å². The molecule has 6 heteroatoms. The fraction of sp³-hybridized carbons (Fsp3) is 0.500. The second-order valence-electron chi connectivity index (χ2n) is 5.01. The van der Waals surface area contributed by atoms with Gasteiger partial charge >= 0.3 is 0 Å². The molecule has 1 aromatic rings. The molecule has 1 aromatic carbocycles. The molecule has 0 saturated carbocycles. The van der Waals surface area contributed by atoms with Gasteiger partial charge in [0.25, 0.3) is 0 Å². The quantitative estimate of drug-likeness (QED) is 0.705. The molecule has 0 fully saturated rings. The summed E-state index contributed by atoms with van der Waals surface area (Å²) < 4.78 is 4.91. The Kier molecular flexibility index (Phi) is 8.55. The van der Waals surface area contributed by atoms with E-state index in [0.717, 1.165) is 12.0 Å². The van der Waals surface area contributed by atoms with E-state index < -0.39 is 0 Å². The van der Waals surface area contributed by atoms with Crippen LogP contribution in [0.2, 0.25) is 5.02 Å². The van der Waals surface area contributed by atoms with Crippen LogP contribution in [-0.4, -0.2) is 50.1 Å². The van der Waals surface area contributed by atoms with E-state index in [1.54, 1.807) is 12.0 Å². The van der Waals surface area contributed by atoms with E-state index in [9.17, 15) is 9.59 Å². The highest BCUT2D eigenvalue weighted by molar-refractivity contribution is 6.30. The lowest BCUT2D eigenvalue weighted by Gasteiger charge is -2.20. The third-order valence-electron chi connectivity index (χ3n) is 3.21. The SMILES string of the molecule is COCCCNC(=O)CN(CCc1ccc(Cl)cc1)C(C)=O. The lowest BCUT2D eigenvalue weighted by Crippen LogP contribution is -2.41. The molecule has 2 amide bonds. The predicted molar refractivity (Wildman–Crippen MR) is 86.9 cm³/mol. The van der Waals surface area contributed by atoms with Gasteiger partial charge in [0, 0.05) is 38.8 Å². The van der Waals surface area contributed by atoms with Crippen molar-refractivity contribution in [3.63, 3.8) is 0 Å². The molecule has 5 nitrogen and oxygen atoms in total. The van der Waals surface area contributed by atoms with Gasteiger partial charge in [0.15, 0.2) is 0 Å². The largest absolute Gasteiger partial charge is 0.385 e. The normalized spacial score (nSPS) is 10.3. The van der Waals surface area contributed by atoms with Gasteiger partial charge in [-0.1, -0.05) is 23.7 Å². The van der Waals surface area contributed by atoms with Crippen LogP contribution in [0.1, 0.15) is 18.9 Å². The number of rotatable bonds is 9. The van der Waals surface area contributed by atoms with Crippen molar-refractivity contribution < 1.29 is 14.3 Å². The maximum absolute atomic E-state index is 11.8. The van der Waals surface area contributed by atoms with Crippen LogP contribution in [0.5, 0.6) is 0 Å². The van der Waals surface area contributed by atoms with Crippen molar-refractivity contribution >= 4 is 23.4 Å². The molecule has 0 saturated heterocycles. The van der Waals surface area contributed by atoms with E-state index in [4.69, 9.17) is 16.3 Å². The van der Waals surface area contributed by atoms with Crippen molar-refractivity contribution in [3.8, 4) is 0 Å². The van der Waals surface area contributed by atoms with Crippen molar-refractivity contribution in [1.82, 2.24) is 10.2 Å².